The van der Waals surface area contributed by atoms with E-state index in [1.807, 2.05) is 0 Å². The van der Waals surface area contributed by atoms with Gasteiger partial charge in [0.1, 0.15) is 5.82 Å². The highest BCUT2D eigenvalue weighted by atomic mass is 19.1. The van der Waals surface area contributed by atoms with Gasteiger partial charge in [0.15, 0.2) is 0 Å². The van der Waals surface area contributed by atoms with E-state index in [0.717, 1.165) is 0 Å². The first-order valence-corrected chi connectivity index (χ1v) is 6.69. The largest absolute Gasteiger partial charge is 0.383 e. The Kier molecular flexibility index (Phi) is 5.10. The lowest BCUT2D eigenvalue weighted by molar-refractivity contribution is -0.117. The number of carbonyl (C=O) groups excluding carboxylic acids is 2. The van der Waals surface area contributed by atoms with Crippen LogP contribution in [0.1, 0.15) is 6.42 Å². The number of halogens is 1. The Hall–Kier alpha value is -2.15. The first-order chi connectivity index (χ1) is 10.1. The predicted octanol–water partition coefficient (Wildman–Crippen LogP) is 0.877. The lowest BCUT2D eigenvalue weighted by Crippen LogP contribution is -2.44. The van der Waals surface area contributed by atoms with Crippen LogP contribution in [0.4, 0.5) is 14.9 Å². The number of urea groups is 1. The summed E-state index contributed by atoms with van der Waals surface area (Å²) in [6.07, 6.45) is 0.203. The fraction of sp³-hybridized carbons (Fsp3) is 0.429. The van der Waals surface area contributed by atoms with Crippen LogP contribution in [-0.2, 0) is 9.53 Å². The average Bonchev–Trinajstić information content (AvgIpc) is 2.80. The number of amides is 3. The molecule has 2 N–H and O–H groups in total. The van der Waals surface area contributed by atoms with E-state index >= 15 is 0 Å². The Bertz CT molecular complexity index is 524. The number of hydrogen-bond acceptors (Lipinski definition) is 3. The summed E-state index contributed by atoms with van der Waals surface area (Å²) in [6.45, 7) is 1.16. The van der Waals surface area contributed by atoms with Crippen molar-refractivity contribution < 1.29 is 18.7 Å². The second-order valence-corrected chi connectivity index (χ2v) is 4.78. The van der Waals surface area contributed by atoms with Crippen LogP contribution in [0.25, 0.3) is 0 Å². The smallest absolute Gasteiger partial charge is 0.315 e. The van der Waals surface area contributed by atoms with Crippen molar-refractivity contribution in [2.75, 3.05) is 31.7 Å². The third kappa shape index (κ3) is 4.16. The van der Waals surface area contributed by atoms with E-state index < -0.39 is 5.82 Å². The van der Waals surface area contributed by atoms with Gasteiger partial charge < -0.3 is 20.3 Å². The summed E-state index contributed by atoms with van der Waals surface area (Å²) in [7, 11) is 1.55. The zero-order chi connectivity index (χ0) is 15.2. The topological polar surface area (TPSA) is 70.7 Å². The van der Waals surface area contributed by atoms with Crippen molar-refractivity contribution in [2.24, 2.45) is 0 Å². The van der Waals surface area contributed by atoms with E-state index in [-0.39, 0.29) is 24.4 Å². The molecular formula is C14H18FN3O3. The van der Waals surface area contributed by atoms with Crippen LogP contribution in [0, 0.1) is 5.82 Å². The molecule has 1 aromatic carbocycles. The van der Waals surface area contributed by atoms with E-state index in [0.29, 0.717) is 25.4 Å². The van der Waals surface area contributed by atoms with E-state index in [1.165, 1.54) is 17.0 Å². The van der Waals surface area contributed by atoms with E-state index in [1.54, 1.807) is 19.2 Å². The molecule has 1 aliphatic heterocycles. The molecule has 1 heterocycles. The molecule has 1 saturated heterocycles. The van der Waals surface area contributed by atoms with Crippen LogP contribution in [0.15, 0.2) is 24.3 Å². The van der Waals surface area contributed by atoms with Gasteiger partial charge in [-0.3, -0.25) is 4.79 Å². The molecule has 1 aromatic rings. The van der Waals surface area contributed by atoms with E-state index in [9.17, 15) is 14.0 Å². The van der Waals surface area contributed by atoms with Crippen molar-refractivity contribution in [3.05, 3.63) is 30.1 Å². The molecule has 6 nitrogen and oxygen atoms in total. The van der Waals surface area contributed by atoms with E-state index in [2.05, 4.69) is 10.6 Å². The summed E-state index contributed by atoms with van der Waals surface area (Å²) in [5, 5.41) is 5.34. The Morgan fingerprint density at radius 1 is 1.52 bits per heavy atom. The molecule has 0 aliphatic carbocycles. The van der Waals surface area contributed by atoms with Crippen LogP contribution >= 0.6 is 0 Å². The average molecular weight is 295 g/mol. The Morgan fingerprint density at radius 3 is 3.05 bits per heavy atom. The maximum absolute atomic E-state index is 13.2. The first-order valence-electron chi connectivity index (χ1n) is 6.69. The van der Waals surface area contributed by atoms with Gasteiger partial charge in [-0.1, -0.05) is 6.07 Å². The van der Waals surface area contributed by atoms with Gasteiger partial charge in [0.05, 0.1) is 12.6 Å². The molecule has 21 heavy (non-hydrogen) atoms. The predicted molar refractivity (Wildman–Crippen MR) is 75.6 cm³/mol. The third-order valence-corrected chi connectivity index (χ3v) is 3.17. The number of hydrogen-bond donors (Lipinski definition) is 2. The maximum atomic E-state index is 13.2. The number of carbonyl (C=O) groups is 2. The summed E-state index contributed by atoms with van der Waals surface area (Å²) in [6, 6.07) is 5.22. The highest BCUT2D eigenvalue weighted by molar-refractivity contribution is 5.96. The fourth-order valence-electron chi connectivity index (χ4n) is 2.20. The molecule has 1 atom stereocenters. The minimum absolute atomic E-state index is 0.136. The molecule has 0 spiro atoms. The van der Waals surface area contributed by atoms with Crippen LogP contribution < -0.4 is 15.5 Å². The van der Waals surface area contributed by atoms with Gasteiger partial charge in [-0.2, -0.15) is 0 Å². The number of benzene rings is 1. The maximum Gasteiger partial charge on any atom is 0.315 e. The second kappa shape index (κ2) is 7.03. The first kappa shape index (κ1) is 15.2. The highest BCUT2D eigenvalue weighted by Gasteiger charge is 2.31. The van der Waals surface area contributed by atoms with E-state index in [4.69, 9.17) is 4.74 Å². The van der Waals surface area contributed by atoms with Crippen molar-refractivity contribution >= 4 is 17.6 Å². The molecular weight excluding hydrogens is 277 g/mol. The van der Waals surface area contributed by atoms with Crippen LogP contribution in [0.3, 0.4) is 0 Å². The zero-order valence-corrected chi connectivity index (χ0v) is 11.8. The summed E-state index contributed by atoms with van der Waals surface area (Å²) in [4.78, 5) is 25.0. The Labute approximate surface area is 122 Å². The molecule has 114 valence electrons. The second-order valence-electron chi connectivity index (χ2n) is 4.78. The van der Waals surface area contributed by atoms with Gasteiger partial charge in [0.2, 0.25) is 5.91 Å². The van der Waals surface area contributed by atoms with Crippen molar-refractivity contribution in [3.8, 4) is 0 Å². The number of methoxy groups -OCH3 is 1. The Balaban J connectivity index is 1.89. The molecule has 0 aromatic heterocycles. The van der Waals surface area contributed by atoms with Crippen molar-refractivity contribution in [2.45, 2.75) is 12.5 Å². The fourth-order valence-corrected chi connectivity index (χ4v) is 2.20. The summed E-state index contributed by atoms with van der Waals surface area (Å²) < 4.78 is 18.0. The highest BCUT2D eigenvalue weighted by Crippen LogP contribution is 2.22. The van der Waals surface area contributed by atoms with Crippen LogP contribution in [-0.4, -0.2) is 44.8 Å². The number of nitrogens with zero attached hydrogens (tertiary/aromatic N) is 1. The summed E-state index contributed by atoms with van der Waals surface area (Å²) in [5.41, 5.74) is 0.504. The molecule has 2 rings (SSSR count). The molecule has 0 bridgehead atoms. The molecule has 3 amide bonds. The van der Waals surface area contributed by atoms with Crippen molar-refractivity contribution in [1.82, 2.24) is 10.6 Å². The molecule has 1 fully saturated rings. The lowest BCUT2D eigenvalue weighted by atomic mass is 10.2. The summed E-state index contributed by atoms with van der Waals surface area (Å²) >= 11 is 0. The number of anilines is 1. The van der Waals surface area contributed by atoms with Gasteiger partial charge in [0, 0.05) is 32.3 Å². The molecule has 0 saturated carbocycles. The number of rotatable bonds is 5. The Morgan fingerprint density at radius 2 is 2.33 bits per heavy atom. The minimum atomic E-state index is -0.394. The zero-order valence-electron chi connectivity index (χ0n) is 11.8. The standard InChI is InChI=1S/C14H18FN3O3/c1-21-6-5-16-14(20)17-11-8-13(19)18(9-11)12-4-2-3-10(15)7-12/h2-4,7,11H,5-6,8-9H2,1H3,(H2,16,17,20)/t11-/m1/s1. The SMILES string of the molecule is COCCNC(=O)N[C@@H]1CC(=O)N(c2cccc(F)c2)C1. The molecule has 7 heteroatoms. The number of ether oxygens (including phenoxy) is 1. The van der Waals surface area contributed by atoms with Crippen molar-refractivity contribution in [1.29, 1.82) is 0 Å². The summed E-state index contributed by atoms with van der Waals surface area (Å²) in [5.74, 6) is -0.531. The number of nitrogens with one attached hydrogen (secondary N) is 2. The van der Waals surface area contributed by atoms with Gasteiger partial charge >= 0.3 is 6.03 Å². The van der Waals surface area contributed by atoms with Crippen molar-refractivity contribution in [3.63, 3.8) is 0 Å². The quantitative estimate of drug-likeness (QED) is 0.792. The van der Waals surface area contributed by atoms with Gasteiger partial charge in [0.25, 0.3) is 0 Å². The van der Waals surface area contributed by atoms with Gasteiger partial charge in [-0.15, -0.1) is 0 Å². The van der Waals surface area contributed by atoms with Gasteiger partial charge in [-0.25, -0.2) is 9.18 Å². The molecule has 1 aliphatic rings. The molecule has 0 radical (unpaired) electrons. The van der Waals surface area contributed by atoms with Gasteiger partial charge in [-0.05, 0) is 18.2 Å². The normalized spacial score (nSPS) is 17.9. The van der Waals surface area contributed by atoms with Crippen LogP contribution in [0.2, 0.25) is 0 Å². The lowest BCUT2D eigenvalue weighted by Gasteiger charge is -2.17. The third-order valence-electron chi connectivity index (χ3n) is 3.17. The van der Waals surface area contributed by atoms with Crippen LogP contribution in [0.5, 0.6) is 0 Å². The molecule has 0 unspecified atom stereocenters. The minimum Gasteiger partial charge on any atom is -0.383 e. The monoisotopic (exact) mass is 295 g/mol.